The highest BCUT2D eigenvalue weighted by molar-refractivity contribution is 7.90. The summed E-state index contributed by atoms with van der Waals surface area (Å²) in [6, 6.07) is 9.69. The molecule has 0 radical (unpaired) electrons. The van der Waals surface area contributed by atoms with Gasteiger partial charge >= 0.3 is 0 Å². The minimum atomic E-state index is -3.31. The zero-order valence-electron chi connectivity index (χ0n) is 13.9. The van der Waals surface area contributed by atoms with E-state index in [-0.39, 0.29) is 23.7 Å². The fraction of sp³-hybridized carbons (Fsp3) is 0.588. The first kappa shape index (κ1) is 17.4. The molecule has 0 saturated carbocycles. The number of amides is 1. The number of rotatable bonds is 4. The Kier molecular flexibility index (Phi) is 5.22. The zero-order chi connectivity index (χ0) is 17.2. The normalized spacial score (nSPS) is 26.8. The number of carbonyl (C=O) groups excluding carboxylic acids is 1. The first-order valence-corrected chi connectivity index (χ1v) is 9.82. The average Bonchev–Trinajstić information content (AvgIpc) is 2.71. The molecule has 0 bridgehead atoms. The second kappa shape index (κ2) is 7.21. The summed E-state index contributed by atoms with van der Waals surface area (Å²) in [4.78, 5) is 13.7. The van der Waals surface area contributed by atoms with Gasteiger partial charge in [0, 0.05) is 33.3 Å². The smallest absolute Gasteiger partial charge is 0.248 e. The van der Waals surface area contributed by atoms with Crippen molar-refractivity contribution in [3.8, 4) is 0 Å². The van der Waals surface area contributed by atoms with E-state index in [1.165, 1.54) is 7.11 Å². The van der Waals surface area contributed by atoms with Crippen molar-refractivity contribution in [3.05, 3.63) is 35.9 Å². The van der Waals surface area contributed by atoms with E-state index in [2.05, 4.69) is 0 Å². The predicted molar refractivity (Wildman–Crippen MR) is 90.7 cm³/mol. The third kappa shape index (κ3) is 3.48. The standard InChI is InChI=1S/C17H24N2O4S/c1-23-13-17(20)18-9-7-15-12-19(11-14-5-3-2-4-6-14)24(21,22)16(15)8-10-18/h2-6,15-16H,7-13H2,1H3/t15-,16-/m1/s1. The fourth-order valence-electron chi connectivity index (χ4n) is 3.70. The van der Waals surface area contributed by atoms with Crippen LogP contribution in [0.25, 0.3) is 0 Å². The van der Waals surface area contributed by atoms with E-state index >= 15 is 0 Å². The maximum absolute atomic E-state index is 12.9. The Labute approximate surface area is 143 Å². The number of likely N-dealkylation sites (tertiary alicyclic amines) is 1. The first-order chi connectivity index (χ1) is 11.5. The van der Waals surface area contributed by atoms with Crippen LogP contribution in [-0.4, -0.2) is 62.1 Å². The molecule has 2 heterocycles. The van der Waals surface area contributed by atoms with Crippen LogP contribution in [-0.2, 0) is 26.1 Å². The molecule has 132 valence electrons. The maximum atomic E-state index is 12.9. The van der Waals surface area contributed by atoms with E-state index in [1.54, 1.807) is 9.21 Å². The van der Waals surface area contributed by atoms with Gasteiger partial charge in [0.25, 0.3) is 0 Å². The molecular weight excluding hydrogens is 328 g/mol. The second-order valence-corrected chi connectivity index (χ2v) is 8.66. The molecule has 1 amide bonds. The van der Waals surface area contributed by atoms with Crippen LogP contribution in [0.15, 0.2) is 30.3 Å². The molecule has 1 aromatic rings. The van der Waals surface area contributed by atoms with Crippen molar-refractivity contribution < 1.29 is 17.9 Å². The van der Waals surface area contributed by atoms with Crippen LogP contribution in [0.2, 0.25) is 0 Å². The lowest BCUT2D eigenvalue weighted by molar-refractivity contribution is -0.135. The van der Waals surface area contributed by atoms with Gasteiger partial charge in [-0.25, -0.2) is 8.42 Å². The highest BCUT2D eigenvalue weighted by Crippen LogP contribution is 2.35. The largest absolute Gasteiger partial charge is 0.375 e. The van der Waals surface area contributed by atoms with Crippen molar-refractivity contribution in [2.45, 2.75) is 24.6 Å². The number of hydrogen-bond donors (Lipinski definition) is 0. The van der Waals surface area contributed by atoms with Gasteiger partial charge in [0.2, 0.25) is 15.9 Å². The van der Waals surface area contributed by atoms with Crippen LogP contribution in [0.1, 0.15) is 18.4 Å². The third-order valence-corrected chi connectivity index (χ3v) is 7.37. The van der Waals surface area contributed by atoms with Crippen molar-refractivity contribution in [1.82, 2.24) is 9.21 Å². The zero-order valence-corrected chi connectivity index (χ0v) is 14.7. The molecule has 0 unspecified atom stereocenters. The van der Waals surface area contributed by atoms with Crippen molar-refractivity contribution in [2.24, 2.45) is 5.92 Å². The Bertz CT molecular complexity index is 677. The van der Waals surface area contributed by atoms with Gasteiger partial charge in [0.15, 0.2) is 0 Å². The van der Waals surface area contributed by atoms with Gasteiger partial charge in [-0.05, 0) is 24.3 Å². The number of methoxy groups -OCH3 is 1. The van der Waals surface area contributed by atoms with E-state index < -0.39 is 10.0 Å². The van der Waals surface area contributed by atoms with E-state index in [4.69, 9.17) is 4.74 Å². The first-order valence-electron chi connectivity index (χ1n) is 8.32. The van der Waals surface area contributed by atoms with Gasteiger partial charge in [-0.3, -0.25) is 4.79 Å². The molecule has 2 saturated heterocycles. The molecule has 6 nitrogen and oxygen atoms in total. The Morgan fingerprint density at radius 3 is 2.62 bits per heavy atom. The van der Waals surface area contributed by atoms with Gasteiger partial charge in [-0.2, -0.15) is 4.31 Å². The molecule has 1 aromatic carbocycles. The summed E-state index contributed by atoms with van der Waals surface area (Å²) in [6.07, 6.45) is 1.23. The Hall–Kier alpha value is -1.44. The lowest BCUT2D eigenvalue weighted by atomic mass is 10.0. The number of ether oxygens (including phenoxy) is 1. The van der Waals surface area contributed by atoms with Gasteiger partial charge < -0.3 is 9.64 Å². The van der Waals surface area contributed by atoms with Crippen LogP contribution in [0.5, 0.6) is 0 Å². The maximum Gasteiger partial charge on any atom is 0.248 e. The van der Waals surface area contributed by atoms with E-state index in [9.17, 15) is 13.2 Å². The molecule has 0 spiro atoms. The number of carbonyl (C=O) groups is 1. The summed E-state index contributed by atoms with van der Waals surface area (Å²) in [7, 11) is -1.81. The van der Waals surface area contributed by atoms with Gasteiger partial charge in [-0.15, -0.1) is 0 Å². The number of sulfonamides is 1. The van der Waals surface area contributed by atoms with Crippen LogP contribution in [0.4, 0.5) is 0 Å². The second-order valence-electron chi connectivity index (χ2n) is 6.51. The van der Waals surface area contributed by atoms with Crippen molar-refractivity contribution in [3.63, 3.8) is 0 Å². The van der Waals surface area contributed by atoms with Crippen LogP contribution < -0.4 is 0 Å². The molecule has 0 N–H and O–H groups in total. The van der Waals surface area contributed by atoms with Crippen LogP contribution in [0, 0.1) is 5.92 Å². The lowest BCUT2D eigenvalue weighted by Gasteiger charge is -2.22. The number of fused-ring (bicyclic) bond motifs is 1. The highest BCUT2D eigenvalue weighted by atomic mass is 32.2. The summed E-state index contributed by atoms with van der Waals surface area (Å²) in [6.45, 7) is 2.14. The minimum absolute atomic E-state index is 0.0578. The minimum Gasteiger partial charge on any atom is -0.375 e. The SMILES string of the molecule is COCC(=O)N1CC[C@@H]2CN(Cc3ccccc3)S(=O)(=O)[C@@H]2CC1. The highest BCUT2D eigenvalue weighted by Gasteiger charge is 2.47. The molecule has 2 atom stereocenters. The lowest BCUT2D eigenvalue weighted by Crippen LogP contribution is -2.36. The molecule has 2 fully saturated rings. The number of benzene rings is 1. The molecule has 2 aliphatic rings. The van der Waals surface area contributed by atoms with Crippen molar-refractivity contribution in [1.29, 1.82) is 0 Å². The average molecular weight is 352 g/mol. The van der Waals surface area contributed by atoms with Gasteiger partial charge in [0.05, 0.1) is 5.25 Å². The molecule has 7 heteroatoms. The van der Waals surface area contributed by atoms with Crippen molar-refractivity contribution in [2.75, 3.05) is 33.4 Å². The monoisotopic (exact) mass is 352 g/mol. The Balaban J connectivity index is 1.69. The molecule has 3 rings (SSSR count). The van der Waals surface area contributed by atoms with Crippen LogP contribution in [0.3, 0.4) is 0 Å². The summed E-state index contributed by atoms with van der Waals surface area (Å²) in [5, 5.41) is -0.374. The van der Waals surface area contributed by atoms with Gasteiger partial charge in [0.1, 0.15) is 6.61 Å². The van der Waals surface area contributed by atoms with E-state index in [1.807, 2.05) is 30.3 Å². The molecular formula is C17H24N2O4S. The molecule has 0 aliphatic carbocycles. The fourth-order valence-corrected chi connectivity index (χ4v) is 5.92. The van der Waals surface area contributed by atoms with E-state index in [0.717, 1.165) is 12.0 Å². The quantitative estimate of drug-likeness (QED) is 0.813. The van der Waals surface area contributed by atoms with Gasteiger partial charge in [-0.1, -0.05) is 30.3 Å². The Morgan fingerprint density at radius 2 is 1.92 bits per heavy atom. The molecule has 2 aliphatic heterocycles. The predicted octanol–water partition coefficient (Wildman–Crippen LogP) is 1.09. The molecule has 24 heavy (non-hydrogen) atoms. The summed E-state index contributed by atoms with van der Waals surface area (Å²) in [5.41, 5.74) is 1.01. The van der Waals surface area contributed by atoms with Crippen molar-refractivity contribution >= 4 is 15.9 Å². The molecule has 0 aromatic heterocycles. The Morgan fingerprint density at radius 1 is 1.21 bits per heavy atom. The van der Waals surface area contributed by atoms with E-state index in [0.29, 0.717) is 32.6 Å². The van der Waals surface area contributed by atoms with Crippen LogP contribution >= 0.6 is 0 Å². The summed E-state index contributed by atoms with van der Waals surface area (Å²) < 4.78 is 32.3. The number of nitrogens with zero attached hydrogens (tertiary/aromatic N) is 2. The number of hydrogen-bond acceptors (Lipinski definition) is 4. The topological polar surface area (TPSA) is 66.9 Å². The third-order valence-electron chi connectivity index (χ3n) is 4.98. The summed E-state index contributed by atoms with van der Waals surface area (Å²) in [5.74, 6) is 0.0371. The summed E-state index contributed by atoms with van der Waals surface area (Å²) >= 11 is 0.